The summed E-state index contributed by atoms with van der Waals surface area (Å²) in [5, 5.41) is 8.97. The van der Waals surface area contributed by atoms with Crippen LogP contribution >= 0.6 is 0 Å². The Hall–Kier alpha value is -2.37. The minimum Gasteiger partial charge on any atom is -0.497 e. The van der Waals surface area contributed by atoms with Gasteiger partial charge in [-0.1, -0.05) is 0 Å². The smallest absolute Gasteiger partial charge is 0.316 e. The van der Waals surface area contributed by atoms with E-state index >= 15 is 0 Å². The van der Waals surface area contributed by atoms with Crippen LogP contribution in [0.15, 0.2) is 24.4 Å². The fourth-order valence-corrected chi connectivity index (χ4v) is 1.51. The summed E-state index contributed by atoms with van der Waals surface area (Å²) in [6.45, 7) is 0. The molecule has 5 nitrogen and oxygen atoms in total. The molecule has 18 heavy (non-hydrogen) atoms. The molecule has 0 saturated carbocycles. The molecule has 0 aliphatic rings. The predicted molar refractivity (Wildman–Crippen MR) is 62.2 cm³/mol. The quantitative estimate of drug-likeness (QED) is 0.844. The Morgan fingerprint density at radius 3 is 2.22 bits per heavy atom. The van der Waals surface area contributed by atoms with Crippen molar-refractivity contribution in [2.75, 3.05) is 14.2 Å². The van der Waals surface area contributed by atoms with E-state index in [-0.39, 0.29) is 5.56 Å². The van der Waals surface area contributed by atoms with Crippen LogP contribution in [0.25, 0.3) is 11.1 Å². The molecular formula is C12H11FN2O3. The number of methoxy groups -OCH3 is 2. The van der Waals surface area contributed by atoms with Crippen LogP contribution in [0.3, 0.4) is 0 Å². The second kappa shape index (κ2) is 4.87. The lowest BCUT2D eigenvalue weighted by Crippen LogP contribution is -1.94. The molecule has 1 aromatic carbocycles. The van der Waals surface area contributed by atoms with Gasteiger partial charge in [0.05, 0.1) is 19.8 Å². The number of hydrogen-bond donors (Lipinski definition) is 1. The van der Waals surface area contributed by atoms with Crippen molar-refractivity contribution in [1.82, 2.24) is 9.97 Å². The average molecular weight is 250 g/mol. The number of aromatic nitrogens is 2. The molecule has 0 amide bonds. The van der Waals surface area contributed by atoms with E-state index in [0.29, 0.717) is 17.1 Å². The number of nitrogens with zero attached hydrogens (tertiary/aromatic N) is 2. The van der Waals surface area contributed by atoms with E-state index < -0.39 is 12.0 Å². The number of hydrogen-bond acceptors (Lipinski definition) is 5. The van der Waals surface area contributed by atoms with Gasteiger partial charge in [-0.3, -0.25) is 0 Å². The first-order valence-electron chi connectivity index (χ1n) is 5.09. The first-order chi connectivity index (χ1) is 8.63. The zero-order valence-electron chi connectivity index (χ0n) is 9.85. The molecule has 0 fully saturated rings. The van der Waals surface area contributed by atoms with Gasteiger partial charge >= 0.3 is 6.01 Å². The van der Waals surface area contributed by atoms with Gasteiger partial charge in [0.2, 0.25) is 5.95 Å². The minimum absolute atomic E-state index is 0.157. The predicted octanol–water partition coefficient (Wildman–Crippen LogP) is 2.01. The maximum absolute atomic E-state index is 13.6. The van der Waals surface area contributed by atoms with Gasteiger partial charge in [0.25, 0.3) is 0 Å². The van der Waals surface area contributed by atoms with Gasteiger partial charge in [-0.15, -0.1) is 0 Å². The molecule has 94 valence electrons. The summed E-state index contributed by atoms with van der Waals surface area (Å²) in [5.74, 6) is 0.242. The van der Waals surface area contributed by atoms with Crippen molar-refractivity contribution in [3.63, 3.8) is 0 Å². The van der Waals surface area contributed by atoms with Crippen LogP contribution in [0.2, 0.25) is 0 Å². The normalized spacial score (nSPS) is 10.2. The van der Waals surface area contributed by atoms with Gasteiger partial charge in [0.1, 0.15) is 11.5 Å². The highest BCUT2D eigenvalue weighted by Gasteiger charge is 2.11. The van der Waals surface area contributed by atoms with Crippen LogP contribution < -0.4 is 9.47 Å². The van der Waals surface area contributed by atoms with Crippen molar-refractivity contribution in [3.05, 3.63) is 30.3 Å². The zero-order valence-corrected chi connectivity index (χ0v) is 9.85. The Morgan fingerprint density at radius 1 is 1.11 bits per heavy atom. The summed E-state index contributed by atoms with van der Waals surface area (Å²) in [4.78, 5) is 6.81. The van der Waals surface area contributed by atoms with E-state index in [4.69, 9.17) is 14.6 Å². The monoisotopic (exact) mass is 250 g/mol. The number of benzene rings is 1. The van der Waals surface area contributed by atoms with Crippen molar-refractivity contribution in [3.8, 4) is 28.6 Å². The lowest BCUT2D eigenvalue weighted by atomic mass is 10.1. The van der Waals surface area contributed by atoms with Gasteiger partial charge in [-0.05, 0) is 17.7 Å². The molecule has 0 saturated heterocycles. The zero-order chi connectivity index (χ0) is 13.1. The SMILES string of the molecule is COc1cc(OC)cc(-c2cnc(O)nc2F)c1. The van der Waals surface area contributed by atoms with E-state index in [9.17, 15) is 4.39 Å². The third kappa shape index (κ3) is 2.32. The van der Waals surface area contributed by atoms with Gasteiger partial charge in [-0.25, -0.2) is 4.98 Å². The van der Waals surface area contributed by atoms with Crippen molar-refractivity contribution in [1.29, 1.82) is 0 Å². The highest BCUT2D eigenvalue weighted by atomic mass is 19.1. The van der Waals surface area contributed by atoms with Crippen molar-refractivity contribution >= 4 is 0 Å². The molecule has 2 aromatic rings. The lowest BCUT2D eigenvalue weighted by Gasteiger charge is -2.08. The molecule has 0 aliphatic carbocycles. The van der Waals surface area contributed by atoms with Crippen molar-refractivity contribution in [2.24, 2.45) is 0 Å². The highest BCUT2D eigenvalue weighted by molar-refractivity contribution is 5.66. The first kappa shape index (κ1) is 12.1. The third-order valence-corrected chi connectivity index (χ3v) is 2.39. The van der Waals surface area contributed by atoms with E-state index in [0.717, 1.165) is 0 Å². The summed E-state index contributed by atoms with van der Waals surface area (Å²) in [5.41, 5.74) is 0.661. The van der Waals surface area contributed by atoms with Crippen LogP contribution in [0, 0.1) is 5.95 Å². The molecule has 0 bridgehead atoms. The first-order valence-corrected chi connectivity index (χ1v) is 5.09. The molecule has 1 heterocycles. The maximum Gasteiger partial charge on any atom is 0.316 e. The molecular weight excluding hydrogens is 239 g/mol. The minimum atomic E-state index is -0.808. The molecule has 0 radical (unpaired) electrons. The maximum atomic E-state index is 13.6. The number of halogens is 1. The molecule has 0 atom stereocenters. The molecule has 0 unspecified atom stereocenters. The summed E-state index contributed by atoms with van der Waals surface area (Å²) in [7, 11) is 3.00. The lowest BCUT2D eigenvalue weighted by molar-refractivity contribution is 0.394. The average Bonchev–Trinajstić information content (AvgIpc) is 2.38. The molecule has 1 aromatic heterocycles. The van der Waals surface area contributed by atoms with Gasteiger partial charge in [0, 0.05) is 12.3 Å². The van der Waals surface area contributed by atoms with Crippen LogP contribution in [0.5, 0.6) is 17.5 Å². The fourth-order valence-electron chi connectivity index (χ4n) is 1.51. The Bertz CT molecular complexity index is 553. The number of aromatic hydroxyl groups is 1. The fraction of sp³-hybridized carbons (Fsp3) is 0.167. The standard InChI is InChI=1S/C12H11FN2O3/c1-17-8-3-7(4-9(5-8)18-2)10-6-14-12(16)15-11(10)13/h3-6H,1-2H3,(H,14,15,16). The van der Waals surface area contributed by atoms with E-state index in [1.807, 2.05) is 0 Å². The van der Waals surface area contributed by atoms with Crippen LogP contribution in [-0.4, -0.2) is 29.3 Å². The number of rotatable bonds is 3. The second-order valence-corrected chi connectivity index (χ2v) is 3.48. The molecule has 0 aliphatic heterocycles. The third-order valence-electron chi connectivity index (χ3n) is 2.39. The van der Waals surface area contributed by atoms with E-state index in [2.05, 4.69) is 9.97 Å². The Balaban J connectivity index is 2.55. The van der Waals surface area contributed by atoms with Gasteiger partial charge in [0.15, 0.2) is 0 Å². The summed E-state index contributed by atoms with van der Waals surface area (Å²) >= 11 is 0. The Morgan fingerprint density at radius 2 is 1.72 bits per heavy atom. The van der Waals surface area contributed by atoms with Gasteiger partial charge in [-0.2, -0.15) is 9.37 Å². The molecule has 0 spiro atoms. The van der Waals surface area contributed by atoms with Crippen molar-refractivity contribution < 1.29 is 19.0 Å². The largest absolute Gasteiger partial charge is 0.497 e. The van der Waals surface area contributed by atoms with Crippen LogP contribution in [0.1, 0.15) is 0 Å². The van der Waals surface area contributed by atoms with E-state index in [1.54, 1.807) is 18.2 Å². The Labute approximate surface area is 103 Å². The van der Waals surface area contributed by atoms with E-state index in [1.165, 1.54) is 20.4 Å². The number of ether oxygens (including phenoxy) is 2. The summed E-state index contributed by atoms with van der Waals surface area (Å²) in [6, 6.07) is 4.32. The van der Waals surface area contributed by atoms with Crippen molar-refractivity contribution in [2.45, 2.75) is 0 Å². The highest BCUT2D eigenvalue weighted by Crippen LogP contribution is 2.30. The molecule has 6 heteroatoms. The molecule has 2 rings (SSSR count). The molecule has 1 N–H and O–H groups in total. The summed E-state index contributed by atoms with van der Waals surface area (Å²) in [6.07, 6.45) is 1.20. The van der Waals surface area contributed by atoms with Crippen LogP contribution in [-0.2, 0) is 0 Å². The van der Waals surface area contributed by atoms with Crippen LogP contribution in [0.4, 0.5) is 4.39 Å². The topological polar surface area (TPSA) is 64.5 Å². The second-order valence-electron chi connectivity index (χ2n) is 3.48. The Kier molecular flexibility index (Phi) is 3.27. The van der Waals surface area contributed by atoms with Gasteiger partial charge < -0.3 is 14.6 Å². The summed E-state index contributed by atoms with van der Waals surface area (Å²) < 4.78 is 23.8.